The third-order valence-corrected chi connectivity index (χ3v) is 2.14. The third-order valence-electron chi connectivity index (χ3n) is 1.68. The van der Waals surface area contributed by atoms with Crippen LogP contribution in [-0.4, -0.2) is 23.7 Å². The predicted octanol–water partition coefficient (Wildman–Crippen LogP) is 1.70. The Bertz CT molecular complexity index is 348. The maximum absolute atomic E-state index is 12.9. The molecular weight excluding hydrogens is 265 g/mol. The molecule has 0 bridgehead atoms. The van der Waals surface area contributed by atoms with Gasteiger partial charge in [0.25, 0.3) is 5.91 Å². The van der Waals surface area contributed by atoms with Crippen molar-refractivity contribution >= 4 is 21.8 Å². The van der Waals surface area contributed by atoms with Gasteiger partial charge in [0.1, 0.15) is 5.82 Å². The Kier molecular flexibility index (Phi) is 4.23. The zero-order chi connectivity index (χ0) is 11.4. The molecule has 0 unspecified atom stereocenters. The minimum absolute atomic E-state index is 0.146. The number of carbonyl (C=O) groups excluding carboxylic acids is 1. The summed E-state index contributed by atoms with van der Waals surface area (Å²) >= 11 is 3.09. The standard InChI is InChI=1S/C10H11BrFNO2/c1-6(14)5-13-10(15)7-2-8(11)4-9(12)3-7/h2-4,6,14H,5H2,1H3,(H,13,15)/t6-/m0/s1. The van der Waals surface area contributed by atoms with Gasteiger partial charge < -0.3 is 10.4 Å². The number of aliphatic hydroxyl groups is 1. The molecule has 0 saturated carbocycles. The molecular formula is C10H11BrFNO2. The van der Waals surface area contributed by atoms with Gasteiger partial charge in [0.05, 0.1) is 6.10 Å². The molecule has 0 saturated heterocycles. The molecule has 0 aliphatic heterocycles. The first-order valence-corrected chi connectivity index (χ1v) is 5.20. The minimum atomic E-state index is -0.619. The third kappa shape index (κ3) is 3.97. The smallest absolute Gasteiger partial charge is 0.251 e. The van der Waals surface area contributed by atoms with Crippen molar-refractivity contribution in [3.05, 3.63) is 34.1 Å². The van der Waals surface area contributed by atoms with E-state index in [1.54, 1.807) is 6.92 Å². The predicted molar refractivity (Wildman–Crippen MR) is 58.1 cm³/mol. The van der Waals surface area contributed by atoms with Gasteiger partial charge in [0, 0.05) is 16.6 Å². The Morgan fingerprint density at radius 1 is 1.60 bits per heavy atom. The summed E-state index contributed by atoms with van der Waals surface area (Å²) in [6.45, 7) is 1.70. The maximum atomic E-state index is 12.9. The molecule has 0 aliphatic carbocycles. The number of halogens is 2. The van der Waals surface area contributed by atoms with Crippen molar-refractivity contribution in [1.82, 2.24) is 5.32 Å². The molecule has 1 aromatic rings. The molecule has 0 heterocycles. The second-order valence-electron chi connectivity index (χ2n) is 3.22. The van der Waals surface area contributed by atoms with Gasteiger partial charge in [-0.3, -0.25) is 4.79 Å². The zero-order valence-corrected chi connectivity index (χ0v) is 9.71. The Hall–Kier alpha value is -0.940. The first-order chi connectivity index (χ1) is 6.99. The van der Waals surface area contributed by atoms with Crippen molar-refractivity contribution in [2.24, 2.45) is 0 Å². The quantitative estimate of drug-likeness (QED) is 0.882. The largest absolute Gasteiger partial charge is 0.392 e. The van der Waals surface area contributed by atoms with E-state index in [1.807, 2.05) is 0 Å². The van der Waals surface area contributed by atoms with Crippen molar-refractivity contribution in [3.8, 4) is 0 Å². The number of benzene rings is 1. The lowest BCUT2D eigenvalue weighted by molar-refractivity contribution is 0.0923. The van der Waals surface area contributed by atoms with Crippen LogP contribution in [0.4, 0.5) is 4.39 Å². The molecule has 1 aromatic carbocycles. The number of hydrogen-bond acceptors (Lipinski definition) is 2. The van der Waals surface area contributed by atoms with E-state index in [2.05, 4.69) is 21.2 Å². The molecule has 0 fully saturated rings. The van der Waals surface area contributed by atoms with Gasteiger partial charge >= 0.3 is 0 Å². The molecule has 3 nitrogen and oxygen atoms in total. The lowest BCUT2D eigenvalue weighted by Gasteiger charge is -2.07. The number of carbonyl (C=O) groups is 1. The number of aliphatic hydroxyl groups excluding tert-OH is 1. The fourth-order valence-electron chi connectivity index (χ4n) is 1.03. The van der Waals surface area contributed by atoms with Gasteiger partial charge in [-0.1, -0.05) is 15.9 Å². The Labute approximate surface area is 95.4 Å². The second-order valence-corrected chi connectivity index (χ2v) is 4.13. The van der Waals surface area contributed by atoms with E-state index in [0.717, 1.165) is 6.07 Å². The Morgan fingerprint density at radius 2 is 2.27 bits per heavy atom. The minimum Gasteiger partial charge on any atom is -0.392 e. The fourth-order valence-corrected chi connectivity index (χ4v) is 1.49. The van der Waals surface area contributed by atoms with E-state index in [-0.39, 0.29) is 12.1 Å². The van der Waals surface area contributed by atoms with E-state index >= 15 is 0 Å². The Morgan fingerprint density at radius 3 is 2.80 bits per heavy atom. The number of nitrogens with one attached hydrogen (secondary N) is 1. The molecule has 15 heavy (non-hydrogen) atoms. The van der Waals surface area contributed by atoms with Crippen LogP contribution in [0.2, 0.25) is 0 Å². The van der Waals surface area contributed by atoms with Gasteiger partial charge in [-0.15, -0.1) is 0 Å². The summed E-state index contributed by atoms with van der Waals surface area (Å²) < 4.78 is 13.4. The van der Waals surface area contributed by atoms with Crippen LogP contribution in [0.3, 0.4) is 0 Å². The van der Waals surface area contributed by atoms with E-state index < -0.39 is 17.8 Å². The molecule has 2 N–H and O–H groups in total. The van der Waals surface area contributed by atoms with Gasteiger partial charge in [-0.25, -0.2) is 4.39 Å². The topological polar surface area (TPSA) is 49.3 Å². The Balaban J connectivity index is 2.73. The van der Waals surface area contributed by atoms with Gasteiger partial charge in [0.2, 0.25) is 0 Å². The summed E-state index contributed by atoms with van der Waals surface area (Å²) in [5.74, 6) is -0.886. The number of rotatable bonds is 3. The van der Waals surface area contributed by atoms with Crippen molar-refractivity contribution in [1.29, 1.82) is 0 Å². The molecule has 0 aliphatic rings. The van der Waals surface area contributed by atoms with Crippen LogP contribution in [0.1, 0.15) is 17.3 Å². The summed E-state index contributed by atoms with van der Waals surface area (Å²) in [4.78, 5) is 11.4. The lowest BCUT2D eigenvalue weighted by Crippen LogP contribution is -2.30. The SMILES string of the molecule is C[C@H](O)CNC(=O)c1cc(F)cc(Br)c1. The highest BCUT2D eigenvalue weighted by molar-refractivity contribution is 9.10. The maximum Gasteiger partial charge on any atom is 0.251 e. The van der Waals surface area contributed by atoms with Gasteiger partial charge in [-0.05, 0) is 25.1 Å². The molecule has 1 rings (SSSR count). The molecule has 1 atom stereocenters. The molecule has 0 aromatic heterocycles. The first-order valence-electron chi connectivity index (χ1n) is 4.41. The summed E-state index contributed by atoms with van der Waals surface area (Å²) in [6, 6.07) is 3.92. The highest BCUT2D eigenvalue weighted by Crippen LogP contribution is 2.14. The van der Waals surface area contributed by atoms with Crippen LogP contribution in [0.15, 0.2) is 22.7 Å². The highest BCUT2D eigenvalue weighted by Gasteiger charge is 2.08. The van der Waals surface area contributed by atoms with Crippen LogP contribution in [0.5, 0.6) is 0 Å². The van der Waals surface area contributed by atoms with Crippen LogP contribution in [0.25, 0.3) is 0 Å². The average molecular weight is 276 g/mol. The van der Waals surface area contributed by atoms with Crippen molar-refractivity contribution < 1.29 is 14.3 Å². The lowest BCUT2D eigenvalue weighted by atomic mass is 10.2. The normalized spacial score (nSPS) is 12.3. The van der Waals surface area contributed by atoms with E-state index in [0.29, 0.717) is 4.47 Å². The highest BCUT2D eigenvalue weighted by atomic mass is 79.9. The molecule has 5 heteroatoms. The van der Waals surface area contributed by atoms with E-state index in [1.165, 1.54) is 12.1 Å². The van der Waals surface area contributed by atoms with Crippen LogP contribution in [-0.2, 0) is 0 Å². The van der Waals surface area contributed by atoms with Gasteiger partial charge in [-0.2, -0.15) is 0 Å². The average Bonchev–Trinajstić information content (AvgIpc) is 2.12. The molecule has 82 valence electrons. The van der Waals surface area contributed by atoms with Gasteiger partial charge in [0.15, 0.2) is 0 Å². The summed E-state index contributed by atoms with van der Waals surface area (Å²) in [7, 11) is 0. The van der Waals surface area contributed by atoms with Crippen molar-refractivity contribution in [3.63, 3.8) is 0 Å². The molecule has 1 amide bonds. The van der Waals surface area contributed by atoms with Crippen LogP contribution in [0, 0.1) is 5.82 Å². The van der Waals surface area contributed by atoms with E-state index in [9.17, 15) is 9.18 Å². The van der Waals surface area contributed by atoms with E-state index in [4.69, 9.17) is 5.11 Å². The number of amides is 1. The number of hydrogen-bond donors (Lipinski definition) is 2. The molecule has 0 spiro atoms. The summed E-state index contributed by atoms with van der Waals surface area (Å²) in [6.07, 6.45) is -0.619. The monoisotopic (exact) mass is 275 g/mol. The van der Waals surface area contributed by atoms with Crippen molar-refractivity contribution in [2.75, 3.05) is 6.54 Å². The fraction of sp³-hybridized carbons (Fsp3) is 0.300. The molecule has 0 radical (unpaired) electrons. The van der Waals surface area contributed by atoms with Crippen LogP contribution < -0.4 is 5.32 Å². The first kappa shape index (κ1) is 12.1. The van der Waals surface area contributed by atoms with Crippen molar-refractivity contribution in [2.45, 2.75) is 13.0 Å². The summed E-state index contributed by atoms with van der Waals surface area (Å²) in [5, 5.41) is 11.4. The van der Waals surface area contributed by atoms with Crippen LogP contribution >= 0.6 is 15.9 Å². The zero-order valence-electron chi connectivity index (χ0n) is 8.13. The summed E-state index contributed by atoms with van der Waals surface area (Å²) in [5.41, 5.74) is 0.225. The second kappa shape index (κ2) is 5.23.